The lowest BCUT2D eigenvalue weighted by Crippen LogP contribution is -2.42. The topological polar surface area (TPSA) is 66.4 Å². The zero-order valence-electron chi connectivity index (χ0n) is 11.3. The lowest BCUT2D eigenvalue weighted by molar-refractivity contribution is -0.142. The minimum absolute atomic E-state index is 0.147. The number of amides is 1. The van der Waals surface area contributed by atoms with E-state index in [0.717, 1.165) is 12.8 Å². The fraction of sp³-hybridized carbons (Fsp3) is 0.846. The molecule has 0 bridgehead atoms. The van der Waals surface area contributed by atoms with E-state index >= 15 is 0 Å². The second kappa shape index (κ2) is 8.09. The van der Waals surface area contributed by atoms with Crippen molar-refractivity contribution in [2.75, 3.05) is 0 Å². The third-order valence-corrected chi connectivity index (χ3v) is 2.97. The van der Waals surface area contributed by atoms with Gasteiger partial charge in [-0.1, -0.05) is 40.5 Å². The highest BCUT2D eigenvalue weighted by Crippen LogP contribution is 2.13. The first kappa shape index (κ1) is 15.9. The van der Waals surface area contributed by atoms with Crippen LogP contribution in [0.2, 0.25) is 0 Å². The van der Waals surface area contributed by atoms with Crippen molar-refractivity contribution < 1.29 is 14.7 Å². The molecule has 0 aromatic rings. The van der Waals surface area contributed by atoms with Gasteiger partial charge in [-0.25, -0.2) is 4.79 Å². The molecule has 0 rings (SSSR count). The Morgan fingerprint density at radius 2 is 1.71 bits per heavy atom. The molecule has 2 N–H and O–H groups in total. The Bertz CT molecular complexity index is 247. The summed E-state index contributed by atoms with van der Waals surface area (Å²) >= 11 is 0. The second-order valence-corrected chi connectivity index (χ2v) is 4.97. The van der Waals surface area contributed by atoms with Gasteiger partial charge in [-0.05, 0) is 18.3 Å². The van der Waals surface area contributed by atoms with E-state index in [4.69, 9.17) is 5.11 Å². The summed E-state index contributed by atoms with van der Waals surface area (Å²) < 4.78 is 0. The van der Waals surface area contributed by atoms with Gasteiger partial charge < -0.3 is 10.4 Å². The van der Waals surface area contributed by atoms with E-state index < -0.39 is 12.0 Å². The van der Waals surface area contributed by atoms with Gasteiger partial charge in [0, 0.05) is 6.42 Å². The third-order valence-electron chi connectivity index (χ3n) is 2.97. The fourth-order valence-electron chi connectivity index (χ4n) is 1.79. The number of carboxylic acid groups (broad SMARTS) is 1. The van der Waals surface area contributed by atoms with Gasteiger partial charge in [0.15, 0.2) is 0 Å². The highest BCUT2D eigenvalue weighted by atomic mass is 16.4. The molecular weight excluding hydrogens is 218 g/mol. The Balaban J connectivity index is 4.25. The molecule has 4 heteroatoms. The molecular formula is C13H25NO3. The number of aliphatic carboxylic acids is 1. The molecule has 100 valence electrons. The molecule has 0 fully saturated rings. The molecule has 0 aliphatic heterocycles. The number of hydrogen-bond acceptors (Lipinski definition) is 2. The Morgan fingerprint density at radius 3 is 2.06 bits per heavy atom. The van der Waals surface area contributed by atoms with Crippen LogP contribution in [-0.2, 0) is 9.59 Å². The SMILES string of the molecule is CCC(CC)CC(=O)NC(CC(C)C)C(=O)O. The van der Waals surface area contributed by atoms with Gasteiger partial charge in [-0.2, -0.15) is 0 Å². The van der Waals surface area contributed by atoms with E-state index in [9.17, 15) is 9.59 Å². The summed E-state index contributed by atoms with van der Waals surface area (Å²) in [6.07, 6.45) is 2.80. The summed E-state index contributed by atoms with van der Waals surface area (Å²) in [5.74, 6) is -0.489. The van der Waals surface area contributed by atoms with E-state index in [0.29, 0.717) is 18.8 Å². The van der Waals surface area contributed by atoms with Crippen molar-refractivity contribution in [1.29, 1.82) is 0 Å². The zero-order valence-corrected chi connectivity index (χ0v) is 11.3. The predicted molar refractivity (Wildman–Crippen MR) is 67.7 cm³/mol. The first-order valence-corrected chi connectivity index (χ1v) is 6.42. The monoisotopic (exact) mass is 243 g/mol. The van der Waals surface area contributed by atoms with Crippen molar-refractivity contribution in [3.63, 3.8) is 0 Å². The van der Waals surface area contributed by atoms with Crippen LogP contribution in [0.25, 0.3) is 0 Å². The highest BCUT2D eigenvalue weighted by Gasteiger charge is 2.21. The van der Waals surface area contributed by atoms with Crippen LogP contribution in [0.15, 0.2) is 0 Å². The lowest BCUT2D eigenvalue weighted by Gasteiger charge is -2.18. The van der Waals surface area contributed by atoms with Crippen LogP contribution in [0.5, 0.6) is 0 Å². The molecule has 1 amide bonds. The maximum absolute atomic E-state index is 11.7. The number of carboxylic acids is 1. The summed E-state index contributed by atoms with van der Waals surface area (Å²) in [7, 11) is 0. The van der Waals surface area contributed by atoms with Gasteiger partial charge in [0.1, 0.15) is 6.04 Å². The van der Waals surface area contributed by atoms with Crippen LogP contribution < -0.4 is 5.32 Å². The predicted octanol–water partition coefficient (Wildman–Crippen LogP) is 2.43. The maximum atomic E-state index is 11.7. The molecule has 0 aliphatic rings. The van der Waals surface area contributed by atoms with E-state index in [1.54, 1.807) is 0 Å². The van der Waals surface area contributed by atoms with Crippen molar-refractivity contribution in [3.8, 4) is 0 Å². The first-order valence-electron chi connectivity index (χ1n) is 6.42. The highest BCUT2D eigenvalue weighted by molar-refractivity contribution is 5.83. The van der Waals surface area contributed by atoms with Crippen molar-refractivity contribution in [2.45, 2.75) is 59.4 Å². The summed E-state index contributed by atoms with van der Waals surface area (Å²) in [5.41, 5.74) is 0. The van der Waals surface area contributed by atoms with Crippen molar-refractivity contribution in [3.05, 3.63) is 0 Å². The van der Waals surface area contributed by atoms with Crippen LogP contribution in [0.1, 0.15) is 53.4 Å². The van der Waals surface area contributed by atoms with Crippen LogP contribution in [-0.4, -0.2) is 23.0 Å². The molecule has 0 spiro atoms. The molecule has 0 radical (unpaired) electrons. The molecule has 0 saturated carbocycles. The Labute approximate surface area is 104 Å². The van der Waals surface area contributed by atoms with E-state index in [-0.39, 0.29) is 11.8 Å². The second-order valence-electron chi connectivity index (χ2n) is 4.97. The molecule has 17 heavy (non-hydrogen) atoms. The van der Waals surface area contributed by atoms with Gasteiger partial charge in [0.25, 0.3) is 0 Å². The normalized spacial score (nSPS) is 12.8. The fourth-order valence-corrected chi connectivity index (χ4v) is 1.79. The number of carbonyl (C=O) groups excluding carboxylic acids is 1. The van der Waals surface area contributed by atoms with Gasteiger partial charge in [-0.15, -0.1) is 0 Å². The van der Waals surface area contributed by atoms with Crippen molar-refractivity contribution in [1.82, 2.24) is 5.32 Å². The molecule has 0 aromatic heterocycles. The van der Waals surface area contributed by atoms with Crippen LogP contribution in [0.4, 0.5) is 0 Å². The number of hydrogen-bond donors (Lipinski definition) is 2. The van der Waals surface area contributed by atoms with Gasteiger partial charge in [-0.3, -0.25) is 4.79 Å². The quantitative estimate of drug-likeness (QED) is 0.688. The molecule has 0 aliphatic carbocycles. The number of rotatable bonds is 8. The van der Waals surface area contributed by atoms with Gasteiger partial charge in [0.2, 0.25) is 5.91 Å². The molecule has 4 nitrogen and oxygen atoms in total. The Kier molecular flexibility index (Phi) is 7.59. The largest absolute Gasteiger partial charge is 0.480 e. The molecule has 1 unspecified atom stereocenters. The smallest absolute Gasteiger partial charge is 0.326 e. The molecule has 0 heterocycles. The van der Waals surface area contributed by atoms with Crippen molar-refractivity contribution >= 4 is 11.9 Å². The minimum atomic E-state index is -0.948. The maximum Gasteiger partial charge on any atom is 0.326 e. The van der Waals surface area contributed by atoms with Gasteiger partial charge >= 0.3 is 5.97 Å². The van der Waals surface area contributed by atoms with E-state index in [1.807, 2.05) is 27.7 Å². The minimum Gasteiger partial charge on any atom is -0.480 e. The third kappa shape index (κ3) is 6.97. The van der Waals surface area contributed by atoms with Crippen LogP contribution in [0.3, 0.4) is 0 Å². The Morgan fingerprint density at radius 1 is 1.18 bits per heavy atom. The van der Waals surface area contributed by atoms with Crippen molar-refractivity contribution in [2.24, 2.45) is 11.8 Å². The van der Waals surface area contributed by atoms with E-state index in [1.165, 1.54) is 0 Å². The van der Waals surface area contributed by atoms with Crippen LogP contribution in [0, 0.1) is 11.8 Å². The van der Waals surface area contributed by atoms with Crippen LogP contribution >= 0.6 is 0 Å². The summed E-state index contributed by atoms with van der Waals surface area (Å²) in [4.78, 5) is 22.7. The summed E-state index contributed by atoms with van der Waals surface area (Å²) in [6.45, 7) is 7.99. The molecule has 0 saturated heterocycles. The van der Waals surface area contributed by atoms with E-state index in [2.05, 4.69) is 5.32 Å². The zero-order chi connectivity index (χ0) is 13.4. The average molecular weight is 243 g/mol. The number of nitrogens with one attached hydrogen (secondary N) is 1. The molecule has 0 aromatic carbocycles. The molecule has 1 atom stereocenters. The average Bonchev–Trinajstić information content (AvgIpc) is 2.24. The summed E-state index contributed by atoms with van der Waals surface area (Å²) in [6, 6.07) is -0.753. The number of carbonyl (C=O) groups is 2. The van der Waals surface area contributed by atoms with Gasteiger partial charge in [0.05, 0.1) is 0 Å². The Hall–Kier alpha value is -1.06. The first-order chi connectivity index (χ1) is 7.90. The lowest BCUT2D eigenvalue weighted by atomic mass is 9.98. The summed E-state index contributed by atoms with van der Waals surface area (Å²) in [5, 5.41) is 11.6. The standard InChI is InChI=1S/C13H25NO3/c1-5-10(6-2)8-12(15)14-11(13(16)17)7-9(3)4/h9-11H,5-8H2,1-4H3,(H,14,15)(H,16,17).